The summed E-state index contributed by atoms with van der Waals surface area (Å²) in [5.41, 5.74) is 7.52. The SMILES string of the molecule is NC(=S)c1ccc2c(ccn2CCO)c1. The summed E-state index contributed by atoms with van der Waals surface area (Å²) < 4.78 is 2.00. The van der Waals surface area contributed by atoms with Crippen LogP contribution in [0.4, 0.5) is 0 Å². The number of rotatable bonds is 3. The number of hydrogen-bond donors (Lipinski definition) is 2. The first-order valence-electron chi connectivity index (χ1n) is 4.72. The van der Waals surface area contributed by atoms with E-state index in [1.807, 2.05) is 35.0 Å². The second-order valence-corrected chi connectivity index (χ2v) is 3.81. The van der Waals surface area contributed by atoms with Gasteiger partial charge in [-0.15, -0.1) is 0 Å². The minimum Gasteiger partial charge on any atom is -0.395 e. The normalized spacial score (nSPS) is 10.7. The number of aromatic nitrogens is 1. The van der Waals surface area contributed by atoms with Gasteiger partial charge in [0, 0.05) is 29.2 Å². The lowest BCUT2D eigenvalue weighted by Gasteiger charge is -2.03. The highest BCUT2D eigenvalue weighted by Gasteiger charge is 2.02. The molecular weight excluding hydrogens is 208 g/mol. The van der Waals surface area contributed by atoms with Gasteiger partial charge in [0.25, 0.3) is 0 Å². The molecule has 3 N–H and O–H groups in total. The van der Waals surface area contributed by atoms with Crippen molar-refractivity contribution in [3.8, 4) is 0 Å². The van der Waals surface area contributed by atoms with E-state index in [1.54, 1.807) is 0 Å². The molecule has 0 bridgehead atoms. The van der Waals surface area contributed by atoms with Crippen molar-refractivity contribution in [1.29, 1.82) is 0 Å². The van der Waals surface area contributed by atoms with E-state index >= 15 is 0 Å². The van der Waals surface area contributed by atoms with Crippen molar-refractivity contribution >= 4 is 28.1 Å². The fourth-order valence-corrected chi connectivity index (χ4v) is 1.78. The van der Waals surface area contributed by atoms with Crippen LogP contribution in [-0.4, -0.2) is 21.3 Å². The Balaban J connectivity index is 2.51. The minimum absolute atomic E-state index is 0.140. The third kappa shape index (κ3) is 1.86. The maximum Gasteiger partial charge on any atom is 0.104 e. The van der Waals surface area contributed by atoms with Gasteiger partial charge in [-0.1, -0.05) is 12.2 Å². The Kier molecular flexibility index (Phi) is 2.70. The Labute approximate surface area is 93.1 Å². The lowest BCUT2D eigenvalue weighted by atomic mass is 10.1. The Morgan fingerprint density at radius 1 is 1.40 bits per heavy atom. The van der Waals surface area contributed by atoms with Crippen LogP contribution in [0.3, 0.4) is 0 Å². The molecule has 0 saturated carbocycles. The molecule has 15 heavy (non-hydrogen) atoms. The van der Waals surface area contributed by atoms with E-state index < -0.39 is 0 Å². The van der Waals surface area contributed by atoms with E-state index in [9.17, 15) is 0 Å². The zero-order valence-corrected chi connectivity index (χ0v) is 9.00. The first kappa shape index (κ1) is 10.1. The quantitative estimate of drug-likeness (QED) is 0.766. The number of aliphatic hydroxyl groups excluding tert-OH is 1. The van der Waals surface area contributed by atoms with Crippen LogP contribution in [0.25, 0.3) is 10.9 Å². The molecule has 0 spiro atoms. The zero-order valence-electron chi connectivity index (χ0n) is 8.18. The van der Waals surface area contributed by atoms with Crippen molar-refractivity contribution in [2.75, 3.05) is 6.61 Å². The molecule has 1 aromatic heterocycles. The summed E-state index contributed by atoms with van der Waals surface area (Å²) in [4.78, 5) is 0.409. The van der Waals surface area contributed by atoms with Gasteiger partial charge in [-0.3, -0.25) is 0 Å². The van der Waals surface area contributed by atoms with Crippen molar-refractivity contribution in [2.45, 2.75) is 6.54 Å². The maximum atomic E-state index is 8.88. The van der Waals surface area contributed by atoms with E-state index in [4.69, 9.17) is 23.1 Å². The van der Waals surface area contributed by atoms with Gasteiger partial charge in [0.05, 0.1) is 6.61 Å². The van der Waals surface area contributed by atoms with E-state index in [2.05, 4.69) is 0 Å². The lowest BCUT2D eigenvalue weighted by Crippen LogP contribution is -2.08. The van der Waals surface area contributed by atoms with Crippen LogP contribution in [0.1, 0.15) is 5.56 Å². The molecule has 2 rings (SSSR count). The predicted octanol–water partition coefficient (Wildman–Crippen LogP) is 1.27. The Hall–Kier alpha value is -1.39. The summed E-state index contributed by atoms with van der Waals surface area (Å²) in [5.74, 6) is 0. The summed E-state index contributed by atoms with van der Waals surface area (Å²) >= 11 is 4.91. The van der Waals surface area contributed by atoms with Crippen LogP contribution < -0.4 is 5.73 Å². The van der Waals surface area contributed by atoms with Crippen LogP contribution >= 0.6 is 12.2 Å². The number of fused-ring (bicyclic) bond motifs is 1. The second kappa shape index (κ2) is 4.00. The summed E-state index contributed by atoms with van der Waals surface area (Å²) in [5, 5.41) is 9.97. The fourth-order valence-electron chi connectivity index (χ4n) is 1.66. The second-order valence-electron chi connectivity index (χ2n) is 3.37. The molecule has 3 nitrogen and oxygen atoms in total. The molecule has 0 aliphatic carbocycles. The predicted molar refractivity (Wildman–Crippen MR) is 64.9 cm³/mol. The lowest BCUT2D eigenvalue weighted by molar-refractivity contribution is 0.278. The molecule has 0 radical (unpaired) electrons. The number of benzene rings is 1. The van der Waals surface area contributed by atoms with Gasteiger partial charge in [0.1, 0.15) is 4.99 Å². The molecule has 4 heteroatoms. The molecular formula is C11H12N2OS. The highest BCUT2D eigenvalue weighted by atomic mass is 32.1. The third-order valence-corrected chi connectivity index (χ3v) is 2.63. The molecule has 78 valence electrons. The van der Waals surface area contributed by atoms with Crippen LogP contribution in [0.2, 0.25) is 0 Å². The monoisotopic (exact) mass is 220 g/mol. The molecule has 0 saturated heterocycles. The first-order valence-corrected chi connectivity index (χ1v) is 5.13. The fraction of sp³-hybridized carbons (Fsp3) is 0.182. The van der Waals surface area contributed by atoms with Gasteiger partial charge in [-0.05, 0) is 24.3 Å². The molecule has 1 heterocycles. The van der Waals surface area contributed by atoms with Crippen LogP contribution in [-0.2, 0) is 6.54 Å². The van der Waals surface area contributed by atoms with Crippen LogP contribution in [0, 0.1) is 0 Å². The molecule has 0 amide bonds. The van der Waals surface area contributed by atoms with E-state index in [0.29, 0.717) is 11.5 Å². The van der Waals surface area contributed by atoms with Gasteiger partial charge in [-0.2, -0.15) is 0 Å². The number of hydrogen-bond acceptors (Lipinski definition) is 2. The van der Waals surface area contributed by atoms with E-state index in [1.165, 1.54) is 0 Å². The van der Waals surface area contributed by atoms with Crippen molar-refractivity contribution in [1.82, 2.24) is 4.57 Å². The van der Waals surface area contributed by atoms with Crippen LogP contribution in [0.15, 0.2) is 30.5 Å². The maximum absolute atomic E-state index is 8.88. The third-order valence-electron chi connectivity index (χ3n) is 2.40. The average molecular weight is 220 g/mol. The largest absolute Gasteiger partial charge is 0.395 e. The topological polar surface area (TPSA) is 51.2 Å². The van der Waals surface area contributed by atoms with Crippen molar-refractivity contribution in [2.24, 2.45) is 5.73 Å². The van der Waals surface area contributed by atoms with Crippen molar-refractivity contribution in [3.63, 3.8) is 0 Å². The molecule has 1 aromatic carbocycles. The summed E-state index contributed by atoms with van der Waals surface area (Å²) in [6.07, 6.45) is 1.95. The first-order chi connectivity index (χ1) is 7.22. The summed E-state index contributed by atoms with van der Waals surface area (Å²) in [6, 6.07) is 7.83. The molecule has 0 aliphatic rings. The van der Waals surface area contributed by atoms with Gasteiger partial charge < -0.3 is 15.4 Å². The van der Waals surface area contributed by atoms with Gasteiger partial charge in [-0.25, -0.2) is 0 Å². The van der Waals surface area contributed by atoms with Gasteiger partial charge in [0.2, 0.25) is 0 Å². The minimum atomic E-state index is 0.140. The number of thiocarbonyl (C=S) groups is 1. The van der Waals surface area contributed by atoms with Crippen molar-refractivity contribution in [3.05, 3.63) is 36.0 Å². The molecule has 0 fully saturated rings. The molecule has 0 atom stereocenters. The molecule has 0 aliphatic heterocycles. The number of nitrogens with zero attached hydrogens (tertiary/aromatic N) is 1. The highest BCUT2D eigenvalue weighted by Crippen LogP contribution is 2.17. The molecule has 0 unspecified atom stereocenters. The van der Waals surface area contributed by atoms with Crippen molar-refractivity contribution < 1.29 is 5.11 Å². The van der Waals surface area contributed by atoms with Crippen LogP contribution in [0.5, 0.6) is 0 Å². The zero-order chi connectivity index (χ0) is 10.8. The number of nitrogens with two attached hydrogens (primary N) is 1. The Bertz CT molecular complexity index is 504. The highest BCUT2D eigenvalue weighted by molar-refractivity contribution is 7.80. The van der Waals surface area contributed by atoms with E-state index in [-0.39, 0.29) is 6.61 Å². The van der Waals surface area contributed by atoms with E-state index in [0.717, 1.165) is 16.5 Å². The van der Waals surface area contributed by atoms with Gasteiger partial charge in [0.15, 0.2) is 0 Å². The Morgan fingerprint density at radius 2 is 2.20 bits per heavy atom. The standard InChI is InChI=1S/C11H12N2OS/c12-11(15)9-1-2-10-8(7-9)3-4-13(10)5-6-14/h1-4,7,14H,5-6H2,(H2,12,15). The summed E-state index contributed by atoms with van der Waals surface area (Å²) in [7, 11) is 0. The average Bonchev–Trinajstić information content (AvgIpc) is 2.61. The van der Waals surface area contributed by atoms with Gasteiger partial charge >= 0.3 is 0 Å². The number of aliphatic hydroxyl groups is 1. The summed E-state index contributed by atoms with van der Waals surface area (Å²) in [6.45, 7) is 0.747. The molecule has 2 aromatic rings. The Morgan fingerprint density at radius 3 is 2.87 bits per heavy atom. The smallest absolute Gasteiger partial charge is 0.104 e.